The van der Waals surface area contributed by atoms with E-state index in [0.717, 1.165) is 12.8 Å². The van der Waals surface area contributed by atoms with Crippen LogP contribution in [0.5, 0.6) is 0 Å². The van der Waals surface area contributed by atoms with E-state index in [9.17, 15) is 0 Å². The van der Waals surface area contributed by atoms with E-state index < -0.39 is 0 Å². The van der Waals surface area contributed by atoms with Gasteiger partial charge in [-0.25, -0.2) is 0 Å². The SMILES string of the molecule is CCCCCCc1cccc(CCCC)n1. The Labute approximate surface area is 100 Å². The van der Waals surface area contributed by atoms with Gasteiger partial charge in [0.1, 0.15) is 0 Å². The summed E-state index contributed by atoms with van der Waals surface area (Å²) >= 11 is 0. The molecule has 0 spiro atoms. The van der Waals surface area contributed by atoms with Gasteiger partial charge in [-0.05, 0) is 37.8 Å². The lowest BCUT2D eigenvalue weighted by molar-refractivity contribution is 0.658. The molecule has 1 aromatic rings. The zero-order valence-electron chi connectivity index (χ0n) is 10.8. The van der Waals surface area contributed by atoms with Gasteiger partial charge in [0, 0.05) is 11.4 Å². The van der Waals surface area contributed by atoms with Crippen LogP contribution in [-0.4, -0.2) is 4.98 Å². The molecule has 0 amide bonds. The molecular weight excluding hydrogens is 194 g/mol. The summed E-state index contributed by atoms with van der Waals surface area (Å²) in [4.78, 5) is 4.71. The molecule has 0 bridgehead atoms. The zero-order chi connectivity index (χ0) is 11.6. The van der Waals surface area contributed by atoms with E-state index in [2.05, 4.69) is 32.0 Å². The molecule has 0 aliphatic rings. The van der Waals surface area contributed by atoms with Gasteiger partial charge in [-0.15, -0.1) is 0 Å². The highest BCUT2D eigenvalue weighted by atomic mass is 14.7. The van der Waals surface area contributed by atoms with E-state index in [1.807, 2.05) is 0 Å². The van der Waals surface area contributed by atoms with Crippen LogP contribution in [0, 0.1) is 0 Å². The van der Waals surface area contributed by atoms with Gasteiger partial charge in [-0.3, -0.25) is 4.98 Å². The van der Waals surface area contributed by atoms with Crippen molar-refractivity contribution in [1.29, 1.82) is 0 Å². The highest BCUT2D eigenvalue weighted by molar-refractivity contribution is 5.11. The first-order chi connectivity index (χ1) is 7.86. The highest BCUT2D eigenvalue weighted by Crippen LogP contribution is 2.08. The Bertz CT molecular complexity index is 281. The molecule has 1 rings (SSSR count). The quantitative estimate of drug-likeness (QED) is 0.585. The van der Waals surface area contributed by atoms with Crippen LogP contribution < -0.4 is 0 Å². The monoisotopic (exact) mass is 219 g/mol. The number of rotatable bonds is 8. The van der Waals surface area contributed by atoms with Gasteiger partial charge in [-0.1, -0.05) is 45.6 Å². The summed E-state index contributed by atoms with van der Waals surface area (Å²) in [6.45, 7) is 4.48. The van der Waals surface area contributed by atoms with Gasteiger partial charge in [0.05, 0.1) is 0 Å². The first-order valence-electron chi connectivity index (χ1n) is 6.81. The topological polar surface area (TPSA) is 12.9 Å². The largest absolute Gasteiger partial charge is 0.258 e. The molecule has 0 fully saturated rings. The lowest BCUT2D eigenvalue weighted by atomic mass is 10.1. The third-order valence-corrected chi connectivity index (χ3v) is 2.94. The summed E-state index contributed by atoms with van der Waals surface area (Å²) in [6, 6.07) is 6.49. The molecule has 0 saturated carbocycles. The van der Waals surface area contributed by atoms with Crippen molar-refractivity contribution < 1.29 is 0 Å². The van der Waals surface area contributed by atoms with Crippen LogP contribution >= 0.6 is 0 Å². The first kappa shape index (κ1) is 13.2. The number of pyridine rings is 1. The fourth-order valence-corrected chi connectivity index (χ4v) is 1.90. The predicted octanol–water partition coefficient (Wildman–Crippen LogP) is 4.55. The second kappa shape index (κ2) is 8.32. The highest BCUT2D eigenvalue weighted by Gasteiger charge is 1.98. The van der Waals surface area contributed by atoms with Crippen molar-refractivity contribution in [2.75, 3.05) is 0 Å². The Morgan fingerprint density at radius 1 is 0.812 bits per heavy atom. The maximum absolute atomic E-state index is 4.71. The van der Waals surface area contributed by atoms with Gasteiger partial charge in [0.2, 0.25) is 0 Å². The normalized spacial score (nSPS) is 10.6. The number of hydrogen-bond acceptors (Lipinski definition) is 1. The molecule has 1 aromatic heterocycles. The van der Waals surface area contributed by atoms with Crippen molar-refractivity contribution >= 4 is 0 Å². The Kier molecular flexibility index (Phi) is 6.87. The van der Waals surface area contributed by atoms with Crippen molar-refractivity contribution in [1.82, 2.24) is 4.98 Å². The smallest absolute Gasteiger partial charge is 0.0406 e. The van der Waals surface area contributed by atoms with Crippen LogP contribution in [0.1, 0.15) is 63.8 Å². The van der Waals surface area contributed by atoms with Crippen molar-refractivity contribution in [3.8, 4) is 0 Å². The van der Waals surface area contributed by atoms with E-state index >= 15 is 0 Å². The maximum Gasteiger partial charge on any atom is 0.0406 e. The average molecular weight is 219 g/mol. The van der Waals surface area contributed by atoms with Gasteiger partial charge in [0.15, 0.2) is 0 Å². The molecule has 1 heteroatoms. The van der Waals surface area contributed by atoms with Crippen LogP contribution in [0.25, 0.3) is 0 Å². The molecule has 0 aromatic carbocycles. The molecule has 0 N–H and O–H groups in total. The predicted molar refractivity (Wildman–Crippen MR) is 70.7 cm³/mol. The van der Waals surface area contributed by atoms with Gasteiger partial charge >= 0.3 is 0 Å². The molecule has 0 atom stereocenters. The number of aryl methyl sites for hydroxylation is 2. The summed E-state index contributed by atoms with van der Waals surface area (Å²) in [7, 11) is 0. The lowest BCUT2D eigenvalue weighted by Gasteiger charge is -2.04. The fraction of sp³-hybridized carbons (Fsp3) is 0.667. The number of hydrogen-bond donors (Lipinski definition) is 0. The molecule has 1 heterocycles. The minimum absolute atomic E-state index is 1.14. The minimum atomic E-state index is 1.14. The van der Waals surface area contributed by atoms with Crippen LogP contribution in [0.15, 0.2) is 18.2 Å². The van der Waals surface area contributed by atoms with Crippen molar-refractivity contribution in [3.05, 3.63) is 29.6 Å². The number of nitrogens with zero attached hydrogens (tertiary/aromatic N) is 1. The molecule has 0 radical (unpaired) electrons. The van der Waals surface area contributed by atoms with Gasteiger partial charge < -0.3 is 0 Å². The summed E-state index contributed by atoms with van der Waals surface area (Å²) < 4.78 is 0. The molecule has 0 saturated heterocycles. The van der Waals surface area contributed by atoms with Crippen molar-refractivity contribution in [3.63, 3.8) is 0 Å². The van der Waals surface area contributed by atoms with Crippen molar-refractivity contribution in [2.24, 2.45) is 0 Å². The molecule has 1 nitrogen and oxygen atoms in total. The molecule has 16 heavy (non-hydrogen) atoms. The Morgan fingerprint density at radius 2 is 1.44 bits per heavy atom. The minimum Gasteiger partial charge on any atom is -0.258 e. The molecular formula is C15H25N. The third-order valence-electron chi connectivity index (χ3n) is 2.94. The molecule has 90 valence electrons. The van der Waals surface area contributed by atoms with Crippen LogP contribution in [0.3, 0.4) is 0 Å². The Hall–Kier alpha value is -0.850. The number of aromatic nitrogens is 1. The zero-order valence-corrected chi connectivity index (χ0v) is 10.8. The van der Waals surface area contributed by atoms with Crippen LogP contribution in [0.4, 0.5) is 0 Å². The molecule has 0 aliphatic heterocycles. The Morgan fingerprint density at radius 3 is 2.06 bits per heavy atom. The average Bonchev–Trinajstić information content (AvgIpc) is 2.33. The molecule has 0 aliphatic carbocycles. The molecule has 0 unspecified atom stereocenters. The van der Waals surface area contributed by atoms with E-state index in [1.165, 1.54) is 49.9 Å². The van der Waals surface area contributed by atoms with Crippen LogP contribution in [0.2, 0.25) is 0 Å². The summed E-state index contributed by atoms with van der Waals surface area (Å²) in [5, 5.41) is 0. The van der Waals surface area contributed by atoms with Gasteiger partial charge in [0.25, 0.3) is 0 Å². The van der Waals surface area contributed by atoms with E-state index in [-0.39, 0.29) is 0 Å². The van der Waals surface area contributed by atoms with Crippen LogP contribution in [-0.2, 0) is 12.8 Å². The number of unbranched alkanes of at least 4 members (excludes halogenated alkanes) is 4. The first-order valence-corrected chi connectivity index (χ1v) is 6.81. The summed E-state index contributed by atoms with van der Waals surface area (Å²) in [5.41, 5.74) is 2.56. The van der Waals surface area contributed by atoms with Gasteiger partial charge in [-0.2, -0.15) is 0 Å². The summed E-state index contributed by atoms with van der Waals surface area (Å²) in [5.74, 6) is 0. The second-order valence-electron chi connectivity index (χ2n) is 4.53. The fourth-order valence-electron chi connectivity index (χ4n) is 1.90. The van der Waals surface area contributed by atoms with E-state index in [1.54, 1.807) is 0 Å². The summed E-state index contributed by atoms with van der Waals surface area (Å²) in [6.07, 6.45) is 10.1. The maximum atomic E-state index is 4.71. The third kappa shape index (κ3) is 5.29. The Balaban J connectivity index is 2.35. The second-order valence-corrected chi connectivity index (χ2v) is 4.53. The van der Waals surface area contributed by atoms with E-state index in [0.29, 0.717) is 0 Å². The lowest BCUT2D eigenvalue weighted by Crippen LogP contribution is -1.96. The van der Waals surface area contributed by atoms with Crippen molar-refractivity contribution in [2.45, 2.75) is 65.2 Å². The standard InChI is InChI=1S/C15H25N/c1-3-5-7-8-11-15-13-9-12-14(16-15)10-6-4-2/h9,12-13H,3-8,10-11H2,1-2H3. The van der Waals surface area contributed by atoms with E-state index in [4.69, 9.17) is 4.98 Å².